The standard InChI is InChI=1S/C22H27NO5S/c1-27-22(24)21-8-4-5-13-23(21)29(25,26)20-12-10-16-14-19(11-9-17(16)15-20)28-18-6-2-3-7-18/h9-12,14-15,18,21H,2-8,13H2,1H3/t21-/m0/s1. The van der Waals surface area contributed by atoms with Crippen molar-refractivity contribution >= 4 is 26.8 Å². The molecule has 4 rings (SSSR count). The first-order valence-electron chi connectivity index (χ1n) is 10.3. The van der Waals surface area contributed by atoms with Gasteiger partial charge in [-0.1, -0.05) is 12.1 Å². The first kappa shape index (κ1) is 20.2. The summed E-state index contributed by atoms with van der Waals surface area (Å²) in [7, 11) is -2.49. The topological polar surface area (TPSA) is 72.9 Å². The van der Waals surface area contributed by atoms with Gasteiger partial charge in [-0.3, -0.25) is 4.79 Å². The summed E-state index contributed by atoms with van der Waals surface area (Å²) in [4.78, 5) is 12.3. The number of nitrogens with zero attached hydrogens (tertiary/aromatic N) is 1. The maximum absolute atomic E-state index is 13.3. The molecule has 156 valence electrons. The molecule has 0 aromatic heterocycles. The van der Waals surface area contributed by atoms with Gasteiger partial charge in [0.1, 0.15) is 11.8 Å². The van der Waals surface area contributed by atoms with Crippen molar-refractivity contribution in [3.63, 3.8) is 0 Å². The summed E-state index contributed by atoms with van der Waals surface area (Å²) in [6.07, 6.45) is 6.92. The molecular formula is C22H27NO5S. The van der Waals surface area contributed by atoms with Crippen LogP contribution in [0.2, 0.25) is 0 Å². The molecule has 1 aliphatic carbocycles. The van der Waals surface area contributed by atoms with Crippen LogP contribution < -0.4 is 4.74 Å². The van der Waals surface area contributed by atoms with Gasteiger partial charge in [-0.15, -0.1) is 0 Å². The lowest BCUT2D eigenvalue weighted by Gasteiger charge is -2.32. The second-order valence-corrected chi connectivity index (χ2v) is 9.74. The third-order valence-corrected chi connectivity index (χ3v) is 7.83. The minimum Gasteiger partial charge on any atom is -0.490 e. The molecule has 0 unspecified atom stereocenters. The molecule has 1 heterocycles. The van der Waals surface area contributed by atoms with E-state index in [1.807, 2.05) is 18.2 Å². The first-order chi connectivity index (χ1) is 14.0. The zero-order valence-corrected chi connectivity index (χ0v) is 17.5. The lowest BCUT2D eigenvalue weighted by molar-refractivity contribution is -0.146. The van der Waals surface area contributed by atoms with Gasteiger partial charge in [-0.05, 0) is 80.0 Å². The number of ether oxygens (including phenoxy) is 2. The van der Waals surface area contributed by atoms with Crippen molar-refractivity contribution in [2.75, 3.05) is 13.7 Å². The van der Waals surface area contributed by atoms with Crippen LogP contribution in [-0.4, -0.2) is 44.5 Å². The molecule has 0 spiro atoms. The van der Waals surface area contributed by atoms with Gasteiger partial charge in [-0.2, -0.15) is 4.31 Å². The van der Waals surface area contributed by atoms with Crippen LogP contribution in [0.4, 0.5) is 0 Å². The van der Waals surface area contributed by atoms with Crippen LogP contribution in [0.1, 0.15) is 44.9 Å². The monoisotopic (exact) mass is 417 g/mol. The number of methoxy groups -OCH3 is 1. The molecule has 2 aromatic carbocycles. The van der Waals surface area contributed by atoms with Crippen molar-refractivity contribution < 1.29 is 22.7 Å². The van der Waals surface area contributed by atoms with E-state index in [9.17, 15) is 13.2 Å². The van der Waals surface area contributed by atoms with Crippen LogP contribution in [-0.2, 0) is 19.6 Å². The average Bonchev–Trinajstić information content (AvgIpc) is 3.25. The Balaban J connectivity index is 1.61. The highest BCUT2D eigenvalue weighted by Crippen LogP contribution is 2.30. The summed E-state index contributed by atoms with van der Waals surface area (Å²) < 4.78 is 38.7. The van der Waals surface area contributed by atoms with Crippen molar-refractivity contribution in [1.82, 2.24) is 4.31 Å². The van der Waals surface area contributed by atoms with Crippen LogP contribution in [0.3, 0.4) is 0 Å². The highest BCUT2D eigenvalue weighted by Gasteiger charge is 2.38. The highest BCUT2D eigenvalue weighted by atomic mass is 32.2. The Bertz CT molecular complexity index is 997. The van der Waals surface area contributed by atoms with Crippen LogP contribution in [0.15, 0.2) is 41.3 Å². The van der Waals surface area contributed by atoms with Crippen molar-refractivity contribution in [2.45, 2.75) is 62.0 Å². The minimum absolute atomic E-state index is 0.199. The zero-order valence-electron chi connectivity index (χ0n) is 16.7. The molecule has 2 fully saturated rings. The predicted molar refractivity (Wildman–Crippen MR) is 110 cm³/mol. The number of fused-ring (bicyclic) bond motifs is 1. The van der Waals surface area contributed by atoms with E-state index in [-0.39, 0.29) is 11.0 Å². The SMILES string of the molecule is COC(=O)[C@@H]1CCCCN1S(=O)(=O)c1ccc2cc(OC3CCCC3)ccc2c1. The molecule has 1 saturated heterocycles. The molecule has 2 aliphatic rings. The summed E-state index contributed by atoms with van der Waals surface area (Å²) in [5, 5.41) is 1.76. The molecule has 6 nitrogen and oxygen atoms in total. The molecule has 7 heteroatoms. The van der Waals surface area contributed by atoms with Gasteiger partial charge in [0.25, 0.3) is 0 Å². The molecule has 1 atom stereocenters. The Morgan fingerprint density at radius 3 is 2.41 bits per heavy atom. The minimum atomic E-state index is -3.79. The van der Waals surface area contributed by atoms with E-state index in [2.05, 4.69) is 0 Å². The molecule has 0 bridgehead atoms. The molecule has 0 N–H and O–H groups in total. The highest BCUT2D eigenvalue weighted by molar-refractivity contribution is 7.89. The average molecular weight is 418 g/mol. The fourth-order valence-corrected chi connectivity index (χ4v) is 6.02. The second-order valence-electron chi connectivity index (χ2n) is 7.85. The van der Waals surface area contributed by atoms with Gasteiger partial charge in [-0.25, -0.2) is 8.42 Å². The molecule has 0 amide bonds. The number of hydrogen-bond donors (Lipinski definition) is 0. The fraction of sp³-hybridized carbons (Fsp3) is 0.500. The van der Waals surface area contributed by atoms with E-state index in [0.717, 1.165) is 42.2 Å². The van der Waals surface area contributed by atoms with E-state index in [1.165, 1.54) is 24.3 Å². The van der Waals surface area contributed by atoms with Crippen molar-refractivity contribution in [3.8, 4) is 5.75 Å². The Morgan fingerprint density at radius 2 is 1.66 bits per heavy atom. The summed E-state index contributed by atoms with van der Waals surface area (Å²) in [6.45, 7) is 0.328. The van der Waals surface area contributed by atoms with Crippen LogP contribution >= 0.6 is 0 Å². The first-order valence-corrected chi connectivity index (χ1v) is 11.7. The lowest BCUT2D eigenvalue weighted by Crippen LogP contribution is -2.48. The quantitative estimate of drug-likeness (QED) is 0.691. The van der Waals surface area contributed by atoms with Gasteiger partial charge in [0.05, 0.1) is 18.1 Å². The largest absolute Gasteiger partial charge is 0.490 e. The molecule has 2 aromatic rings. The molecule has 1 aliphatic heterocycles. The van der Waals surface area contributed by atoms with E-state index >= 15 is 0 Å². The zero-order chi connectivity index (χ0) is 20.4. The third kappa shape index (κ3) is 4.12. The Morgan fingerprint density at radius 1 is 0.966 bits per heavy atom. The number of carbonyl (C=O) groups excluding carboxylic acids is 1. The number of esters is 1. The van der Waals surface area contributed by atoms with Crippen LogP contribution in [0, 0.1) is 0 Å². The van der Waals surface area contributed by atoms with Gasteiger partial charge in [0.15, 0.2) is 0 Å². The molecule has 1 saturated carbocycles. The molecular weight excluding hydrogens is 390 g/mol. The Hall–Kier alpha value is -2.12. The third-order valence-electron chi connectivity index (χ3n) is 5.92. The van der Waals surface area contributed by atoms with Gasteiger partial charge >= 0.3 is 5.97 Å². The fourth-order valence-electron chi connectivity index (χ4n) is 4.33. The van der Waals surface area contributed by atoms with Crippen molar-refractivity contribution in [2.24, 2.45) is 0 Å². The predicted octanol–water partition coefficient (Wildman–Crippen LogP) is 3.88. The summed E-state index contributed by atoms with van der Waals surface area (Å²) >= 11 is 0. The number of hydrogen-bond acceptors (Lipinski definition) is 5. The maximum atomic E-state index is 13.3. The number of benzene rings is 2. The molecule has 0 radical (unpaired) electrons. The van der Waals surface area contributed by atoms with Crippen LogP contribution in [0.5, 0.6) is 5.75 Å². The van der Waals surface area contributed by atoms with Crippen molar-refractivity contribution in [1.29, 1.82) is 0 Å². The molecule has 29 heavy (non-hydrogen) atoms. The number of sulfonamides is 1. The van der Waals surface area contributed by atoms with Gasteiger partial charge in [0, 0.05) is 6.54 Å². The number of piperidine rings is 1. The summed E-state index contributed by atoms with van der Waals surface area (Å²) in [5.74, 6) is 0.324. The Labute approximate surface area is 171 Å². The van der Waals surface area contributed by atoms with E-state index in [4.69, 9.17) is 9.47 Å². The van der Waals surface area contributed by atoms with E-state index in [1.54, 1.807) is 18.2 Å². The summed E-state index contributed by atoms with van der Waals surface area (Å²) in [6, 6.07) is 10.1. The smallest absolute Gasteiger partial charge is 0.324 e. The van der Waals surface area contributed by atoms with Crippen LogP contribution in [0.25, 0.3) is 10.8 Å². The maximum Gasteiger partial charge on any atom is 0.324 e. The van der Waals surface area contributed by atoms with Crippen molar-refractivity contribution in [3.05, 3.63) is 36.4 Å². The van der Waals surface area contributed by atoms with Gasteiger partial charge < -0.3 is 9.47 Å². The number of carbonyl (C=O) groups is 1. The van der Waals surface area contributed by atoms with E-state index in [0.29, 0.717) is 13.0 Å². The Kier molecular flexibility index (Phi) is 5.79. The van der Waals surface area contributed by atoms with E-state index < -0.39 is 22.0 Å². The van der Waals surface area contributed by atoms with Gasteiger partial charge in [0.2, 0.25) is 10.0 Å². The summed E-state index contributed by atoms with van der Waals surface area (Å²) in [5.41, 5.74) is 0. The second kappa shape index (κ2) is 8.32. The number of rotatable bonds is 5. The normalized spacial score (nSPS) is 21.3. The lowest BCUT2D eigenvalue weighted by atomic mass is 10.1.